The molecule has 0 atom stereocenters. The summed E-state index contributed by atoms with van der Waals surface area (Å²) in [6.45, 7) is 0. The second-order valence-corrected chi connectivity index (χ2v) is 5.11. The average Bonchev–Trinajstić information content (AvgIpc) is 3.16. The number of esters is 1. The third-order valence-electron chi connectivity index (χ3n) is 3.50. The predicted molar refractivity (Wildman–Crippen MR) is 91.3 cm³/mol. The molecule has 0 bridgehead atoms. The van der Waals surface area contributed by atoms with E-state index in [1.54, 1.807) is 6.20 Å². The Morgan fingerprint density at radius 3 is 2.62 bits per heavy atom. The minimum atomic E-state index is -0.255. The van der Waals surface area contributed by atoms with Crippen molar-refractivity contribution in [2.24, 2.45) is 0 Å². The van der Waals surface area contributed by atoms with Crippen molar-refractivity contribution in [3.05, 3.63) is 66.7 Å². The standard InChI is InChI=1S/C18H17N3O3/c1-23-18(22)10-13-6-8-14(9-7-13)20-21-16-5-3-2-4-15(16)17-11-19-12-24-17/h2-9,11-12,20-21H,10H2,1H3. The Kier molecular flexibility index (Phi) is 4.76. The Morgan fingerprint density at radius 2 is 1.92 bits per heavy atom. The highest BCUT2D eigenvalue weighted by molar-refractivity contribution is 5.75. The molecule has 6 nitrogen and oxygen atoms in total. The van der Waals surface area contributed by atoms with Gasteiger partial charge in [0.05, 0.1) is 31.1 Å². The van der Waals surface area contributed by atoms with Gasteiger partial charge in [0.15, 0.2) is 12.2 Å². The van der Waals surface area contributed by atoms with Gasteiger partial charge in [0.25, 0.3) is 0 Å². The first-order valence-corrected chi connectivity index (χ1v) is 7.42. The number of carbonyl (C=O) groups excluding carboxylic acids is 1. The van der Waals surface area contributed by atoms with Crippen LogP contribution in [0.2, 0.25) is 0 Å². The Bertz CT molecular complexity index is 799. The Balaban J connectivity index is 1.67. The van der Waals surface area contributed by atoms with Crippen LogP contribution >= 0.6 is 0 Å². The summed E-state index contributed by atoms with van der Waals surface area (Å²) in [7, 11) is 1.38. The minimum absolute atomic E-state index is 0.255. The van der Waals surface area contributed by atoms with E-state index < -0.39 is 0 Å². The number of para-hydroxylation sites is 1. The van der Waals surface area contributed by atoms with E-state index in [9.17, 15) is 4.79 Å². The molecule has 2 N–H and O–H groups in total. The first kappa shape index (κ1) is 15.6. The van der Waals surface area contributed by atoms with Crippen LogP contribution in [-0.2, 0) is 16.0 Å². The van der Waals surface area contributed by atoms with Crippen LogP contribution in [0.1, 0.15) is 5.56 Å². The number of aromatic nitrogens is 1. The topological polar surface area (TPSA) is 76.4 Å². The summed E-state index contributed by atoms with van der Waals surface area (Å²) < 4.78 is 10.0. The van der Waals surface area contributed by atoms with Gasteiger partial charge in [-0.25, -0.2) is 4.98 Å². The number of benzene rings is 2. The van der Waals surface area contributed by atoms with Gasteiger partial charge in [-0.05, 0) is 29.8 Å². The molecule has 0 saturated carbocycles. The van der Waals surface area contributed by atoms with Gasteiger partial charge in [-0.15, -0.1) is 0 Å². The number of hydrazine groups is 1. The monoisotopic (exact) mass is 323 g/mol. The largest absolute Gasteiger partial charge is 0.469 e. The molecule has 0 aliphatic heterocycles. The first-order valence-electron chi connectivity index (χ1n) is 7.42. The van der Waals surface area contributed by atoms with Crippen molar-refractivity contribution < 1.29 is 13.9 Å². The highest BCUT2D eigenvalue weighted by Crippen LogP contribution is 2.27. The number of methoxy groups -OCH3 is 1. The molecule has 3 rings (SSSR count). The average molecular weight is 323 g/mol. The number of oxazole rings is 1. The molecule has 0 aliphatic carbocycles. The predicted octanol–water partition coefficient (Wildman–Crippen LogP) is 3.50. The number of anilines is 2. The summed E-state index contributed by atoms with van der Waals surface area (Å²) in [5, 5.41) is 0. The summed E-state index contributed by atoms with van der Waals surface area (Å²) in [5.74, 6) is 0.433. The van der Waals surface area contributed by atoms with E-state index in [2.05, 4.69) is 20.6 Å². The number of carbonyl (C=O) groups is 1. The molecule has 1 aromatic heterocycles. The van der Waals surface area contributed by atoms with Crippen LogP contribution in [0.15, 0.2) is 65.5 Å². The molecule has 24 heavy (non-hydrogen) atoms. The zero-order chi connectivity index (χ0) is 16.8. The van der Waals surface area contributed by atoms with Crippen molar-refractivity contribution in [1.29, 1.82) is 0 Å². The third kappa shape index (κ3) is 3.73. The van der Waals surface area contributed by atoms with Crippen molar-refractivity contribution in [3.63, 3.8) is 0 Å². The molecule has 0 saturated heterocycles. The zero-order valence-electron chi connectivity index (χ0n) is 13.2. The van der Waals surface area contributed by atoms with Crippen LogP contribution in [0.25, 0.3) is 11.3 Å². The van der Waals surface area contributed by atoms with Crippen LogP contribution in [0.3, 0.4) is 0 Å². The lowest BCUT2D eigenvalue weighted by Crippen LogP contribution is -2.10. The van der Waals surface area contributed by atoms with E-state index in [4.69, 9.17) is 4.42 Å². The van der Waals surface area contributed by atoms with Gasteiger partial charge >= 0.3 is 5.97 Å². The van der Waals surface area contributed by atoms with Gasteiger partial charge in [0, 0.05) is 5.56 Å². The van der Waals surface area contributed by atoms with Crippen molar-refractivity contribution >= 4 is 17.3 Å². The maximum atomic E-state index is 11.3. The van der Waals surface area contributed by atoms with Gasteiger partial charge in [-0.1, -0.05) is 24.3 Å². The van der Waals surface area contributed by atoms with Gasteiger partial charge in [-0.2, -0.15) is 0 Å². The first-order chi connectivity index (χ1) is 11.8. The molecule has 0 unspecified atom stereocenters. The normalized spacial score (nSPS) is 10.2. The van der Waals surface area contributed by atoms with Crippen LogP contribution < -0.4 is 10.9 Å². The quantitative estimate of drug-likeness (QED) is 0.534. The second kappa shape index (κ2) is 7.32. The summed E-state index contributed by atoms with van der Waals surface area (Å²) in [5.41, 5.74) is 9.83. The molecule has 0 radical (unpaired) electrons. The van der Waals surface area contributed by atoms with Crippen LogP contribution in [0.5, 0.6) is 0 Å². The highest BCUT2D eigenvalue weighted by Gasteiger charge is 2.07. The highest BCUT2D eigenvalue weighted by atomic mass is 16.5. The van der Waals surface area contributed by atoms with Crippen molar-refractivity contribution in [1.82, 2.24) is 4.98 Å². The fourth-order valence-electron chi connectivity index (χ4n) is 2.24. The zero-order valence-corrected chi connectivity index (χ0v) is 13.2. The van der Waals surface area contributed by atoms with Crippen molar-refractivity contribution in [2.75, 3.05) is 18.0 Å². The molecule has 122 valence electrons. The molecule has 2 aromatic carbocycles. The number of hydrogen-bond donors (Lipinski definition) is 2. The van der Waals surface area contributed by atoms with Crippen LogP contribution in [0, 0.1) is 0 Å². The van der Waals surface area contributed by atoms with E-state index >= 15 is 0 Å². The van der Waals surface area contributed by atoms with Gasteiger partial charge in [0.2, 0.25) is 0 Å². The fraction of sp³-hybridized carbons (Fsp3) is 0.111. The number of nitrogens with zero attached hydrogens (tertiary/aromatic N) is 1. The van der Waals surface area contributed by atoms with E-state index in [1.165, 1.54) is 13.5 Å². The molecule has 1 heterocycles. The van der Waals surface area contributed by atoms with Gasteiger partial charge in [0.1, 0.15) is 0 Å². The maximum Gasteiger partial charge on any atom is 0.309 e. The SMILES string of the molecule is COC(=O)Cc1ccc(NNc2ccccc2-c2cnco2)cc1. The van der Waals surface area contributed by atoms with Crippen LogP contribution in [-0.4, -0.2) is 18.1 Å². The summed E-state index contributed by atoms with van der Waals surface area (Å²) in [4.78, 5) is 15.2. The summed E-state index contributed by atoms with van der Waals surface area (Å²) >= 11 is 0. The second-order valence-electron chi connectivity index (χ2n) is 5.11. The molecule has 6 heteroatoms. The molecule has 0 fully saturated rings. The van der Waals surface area contributed by atoms with E-state index in [0.717, 1.165) is 22.5 Å². The number of ether oxygens (including phenoxy) is 1. The molecular weight excluding hydrogens is 306 g/mol. The number of hydrogen-bond acceptors (Lipinski definition) is 6. The number of nitrogens with one attached hydrogen (secondary N) is 2. The van der Waals surface area contributed by atoms with Crippen molar-refractivity contribution in [2.45, 2.75) is 6.42 Å². The molecule has 0 aliphatic rings. The summed E-state index contributed by atoms with van der Waals surface area (Å²) in [6.07, 6.45) is 3.33. The lowest BCUT2D eigenvalue weighted by Gasteiger charge is -2.13. The van der Waals surface area contributed by atoms with Gasteiger partial charge < -0.3 is 20.0 Å². The van der Waals surface area contributed by atoms with E-state index in [-0.39, 0.29) is 12.4 Å². The summed E-state index contributed by atoms with van der Waals surface area (Å²) in [6, 6.07) is 15.3. The third-order valence-corrected chi connectivity index (χ3v) is 3.50. The molecule has 3 aromatic rings. The molecule has 0 spiro atoms. The molecule has 0 amide bonds. The lowest BCUT2D eigenvalue weighted by molar-refractivity contribution is -0.139. The van der Waals surface area contributed by atoms with E-state index in [0.29, 0.717) is 5.76 Å². The lowest BCUT2D eigenvalue weighted by atomic mass is 10.1. The van der Waals surface area contributed by atoms with Crippen molar-refractivity contribution in [3.8, 4) is 11.3 Å². The maximum absolute atomic E-state index is 11.3. The van der Waals surface area contributed by atoms with Gasteiger partial charge in [-0.3, -0.25) is 4.79 Å². The minimum Gasteiger partial charge on any atom is -0.469 e. The van der Waals surface area contributed by atoms with E-state index in [1.807, 2.05) is 48.5 Å². The Hall–Kier alpha value is -3.28. The van der Waals surface area contributed by atoms with Crippen LogP contribution in [0.4, 0.5) is 11.4 Å². The molecular formula is C18H17N3O3. The Labute approximate surface area is 139 Å². The Morgan fingerprint density at radius 1 is 1.12 bits per heavy atom. The fourth-order valence-corrected chi connectivity index (χ4v) is 2.24. The smallest absolute Gasteiger partial charge is 0.309 e. The number of rotatable bonds is 6.